The molecule has 3 rings (SSSR count). The number of hydrogen-bond acceptors (Lipinski definition) is 7. The fraction of sp³-hybridized carbons (Fsp3) is 0.607. The van der Waals surface area contributed by atoms with Gasteiger partial charge in [0.25, 0.3) is 0 Å². The van der Waals surface area contributed by atoms with Gasteiger partial charge in [-0.3, -0.25) is 9.59 Å². The number of ether oxygens (including phenoxy) is 2. The lowest BCUT2D eigenvalue weighted by Crippen LogP contribution is -2.52. The molecule has 37 heavy (non-hydrogen) atoms. The van der Waals surface area contributed by atoms with Gasteiger partial charge in [0, 0.05) is 13.0 Å². The molecule has 1 aromatic carbocycles. The van der Waals surface area contributed by atoms with Gasteiger partial charge in [-0.25, -0.2) is 9.69 Å². The second-order valence-electron chi connectivity index (χ2n) is 9.94. The maximum absolute atomic E-state index is 13.4. The number of hydrogen-bond donors (Lipinski definition) is 2. The monoisotopic (exact) mass is 579 g/mol. The van der Waals surface area contributed by atoms with Crippen molar-refractivity contribution >= 4 is 33.7 Å². The molecule has 1 fully saturated rings. The number of benzene rings is 1. The van der Waals surface area contributed by atoms with Gasteiger partial charge in [-0.05, 0) is 46.8 Å². The number of carbonyl (C=O) groups is 3. The number of carbonyl (C=O) groups excluding carboxylic acids is 3. The number of unbranched alkanes of at least 4 members (excludes halogenated alkanes) is 7. The van der Waals surface area contributed by atoms with Crippen LogP contribution in [0.3, 0.4) is 0 Å². The molecule has 0 aliphatic carbocycles. The first-order valence-corrected chi connectivity index (χ1v) is 14.0. The van der Waals surface area contributed by atoms with E-state index in [1.165, 1.54) is 6.08 Å². The number of rotatable bonds is 14. The van der Waals surface area contributed by atoms with Crippen LogP contribution in [0, 0.1) is 5.92 Å². The SMILES string of the molecule is C[C@H](C(=O)N1C(=O)OC[C@@H]1Cc1ccccc1)[C@@H]1O[C@](O)(CCCCCCCCCCO)C(Br)=CC1=O. The Labute approximate surface area is 227 Å². The zero-order valence-electron chi connectivity index (χ0n) is 21.4. The Morgan fingerprint density at radius 3 is 2.35 bits per heavy atom. The van der Waals surface area contributed by atoms with Crippen LogP contribution in [0.15, 0.2) is 40.9 Å². The predicted molar refractivity (Wildman–Crippen MR) is 142 cm³/mol. The van der Waals surface area contributed by atoms with Crippen molar-refractivity contribution in [2.75, 3.05) is 13.2 Å². The lowest BCUT2D eigenvalue weighted by Gasteiger charge is -2.37. The van der Waals surface area contributed by atoms with E-state index in [0.717, 1.165) is 55.4 Å². The molecule has 2 heterocycles. The molecule has 1 saturated heterocycles. The first-order valence-electron chi connectivity index (χ1n) is 13.2. The second kappa shape index (κ2) is 14.2. The number of ketones is 1. The van der Waals surface area contributed by atoms with E-state index < -0.39 is 41.6 Å². The van der Waals surface area contributed by atoms with Crippen LogP contribution < -0.4 is 0 Å². The van der Waals surface area contributed by atoms with Crippen molar-refractivity contribution in [2.24, 2.45) is 5.92 Å². The number of aliphatic hydroxyl groups is 2. The van der Waals surface area contributed by atoms with E-state index in [4.69, 9.17) is 14.6 Å². The van der Waals surface area contributed by atoms with Gasteiger partial charge in [0.1, 0.15) is 12.7 Å². The van der Waals surface area contributed by atoms with E-state index >= 15 is 0 Å². The van der Waals surface area contributed by atoms with Gasteiger partial charge in [-0.2, -0.15) is 0 Å². The average molecular weight is 581 g/mol. The molecule has 0 aromatic heterocycles. The summed E-state index contributed by atoms with van der Waals surface area (Å²) in [5.41, 5.74) is 0.965. The minimum atomic E-state index is -1.71. The summed E-state index contributed by atoms with van der Waals surface area (Å²) in [7, 11) is 0. The predicted octanol–water partition coefficient (Wildman–Crippen LogP) is 4.65. The summed E-state index contributed by atoms with van der Waals surface area (Å²) in [6.07, 6.45) is 7.87. The summed E-state index contributed by atoms with van der Waals surface area (Å²) in [4.78, 5) is 39.7. The molecule has 0 unspecified atom stereocenters. The van der Waals surface area contributed by atoms with E-state index in [2.05, 4.69) is 15.9 Å². The zero-order valence-corrected chi connectivity index (χ0v) is 23.0. The van der Waals surface area contributed by atoms with E-state index in [-0.39, 0.29) is 24.1 Å². The van der Waals surface area contributed by atoms with Crippen molar-refractivity contribution in [3.05, 3.63) is 46.5 Å². The van der Waals surface area contributed by atoms with E-state index in [1.807, 2.05) is 30.3 Å². The second-order valence-corrected chi connectivity index (χ2v) is 10.8. The Morgan fingerprint density at radius 2 is 1.70 bits per heavy atom. The summed E-state index contributed by atoms with van der Waals surface area (Å²) in [5, 5.41) is 20.0. The van der Waals surface area contributed by atoms with Crippen molar-refractivity contribution in [1.29, 1.82) is 0 Å². The molecule has 0 radical (unpaired) electrons. The summed E-state index contributed by atoms with van der Waals surface area (Å²) in [6.45, 7) is 1.87. The molecule has 0 spiro atoms. The largest absolute Gasteiger partial charge is 0.447 e. The van der Waals surface area contributed by atoms with Crippen molar-refractivity contribution in [3.63, 3.8) is 0 Å². The van der Waals surface area contributed by atoms with Crippen LogP contribution in [-0.2, 0) is 25.5 Å². The van der Waals surface area contributed by atoms with Gasteiger partial charge in [0.05, 0.1) is 16.4 Å². The van der Waals surface area contributed by atoms with Crippen LogP contribution in [-0.4, -0.2) is 64.0 Å². The molecule has 9 heteroatoms. The molecule has 1 aromatic rings. The number of imide groups is 1. The van der Waals surface area contributed by atoms with Gasteiger partial charge in [-0.1, -0.05) is 75.8 Å². The minimum Gasteiger partial charge on any atom is -0.447 e. The van der Waals surface area contributed by atoms with Crippen molar-refractivity contribution in [3.8, 4) is 0 Å². The average Bonchev–Trinajstić information content (AvgIpc) is 3.24. The first kappa shape index (κ1) is 29.5. The van der Waals surface area contributed by atoms with E-state index in [1.54, 1.807) is 6.92 Å². The van der Waals surface area contributed by atoms with E-state index in [0.29, 0.717) is 12.8 Å². The molecule has 204 valence electrons. The summed E-state index contributed by atoms with van der Waals surface area (Å²) < 4.78 is 11.3. The van der Waals surface area contributed by atoms with Crippen molar-refractivity contribution in [2.45, 2.75) is 89.1 Å². The maximum Gasteiger partial charge on any atom is 0.416 e. The van der Waals surface area contributed by atoms with Crippen LogP contribution >= 0.6 is 15.9 Å². The molecule has 4 atom stereocenters. The fourth-order valence-corrected chi connectivity index (χ4v) is 5.34. The highest BCUT2D eigenvalue weighted by molar-refractivity contribution is 9.11. The number of halogens is 1. The maximum atomic E-state index is 13.4. The number of amides is 2. The van der Waals surface area contributed by atoms with Crippen LogP contribution in [0.2, 0.25) is 0 Å². The summed E-state index contributed by atoms with van der Waals surface area (Å²) in [6, 6.07) is 9.03. The van der Waals surface area contributed by atoms with Gasteiger partial charge >= 0.3 is 6.09 Å². The lowest BCUT2D eigenvalue weighted by atomic mass is 9.93. The molecule has 2 amide bonds. The van der Waals surface area contributed by atoms with E-state index in [9.17, 15) is 19.5 Å². The quantitative estimate of drug-likeness (QED) is 0.308. The molecule has 0 bridgehead atoms. The highest BCUT2D eigenvalue weighted by Gasteiger charge is 2.48. The third-order valence-electron chi connectivity index (χ3n) is 7.02. The smallest absolute Gasteiger partial charge is 0.416 e. The standard InChI is InChI=1S/C28H38BrNO7/c1-20(26(33)30-22(19-36-27(30)34)17-21-13-9-8-10-14-21)25-23(32)18-24(29)28(35,37-25)15-11-6-4-2-3-5-7-12-16-31/h8-10,13-14,18,20,22,25,31,35H,2-7,11-12,15-17,19H2,1H3/t20-,22-,25-,28+/m0/s1. The first-order chi connectivity index (χ1) is 17.8. The Bertz CT molecular complexity index is 953. The Morgan fingerprint density at radius 1 is 1.08 bits per heavy atom. The third-order valence-corrected chi connectivity index (χ3v) is 7.87. The number of aliphatic hydroxyl groups excluding tert-OH is 1. The number of nitrogens with zero attached hydrogens (tertiary/aromatic N) is 1. The molecule has 8 nitrogen and oxygen atoms in total. The normalized spacial score (nSPS) is 24.6. The minimum absolute atomic E-state index is 0.0858. The Balaban J connectivity index is 1.57. The zero-order chi connectivity index (χ0) is 26.8. The van der Waals surface area contributed by atoms with Crippen LogP contribution in [0.25, 0.3) is 0 Å². The summed E-state index contributed by atoms with van der Waals surface area (Å²) in [5.74, 6) is -3.69. The van der Waals surface area contributed by atoms with Gasteiger partial charge in [-0.15, -0.1) is 0 Å². The lowest BCUT2D eigenvalue weighted by molar-refractivity contribution is -0.217. The van der Waals surface area contributed by atoms with Crippen LogP contribution in [0.1, 0.15) is 70.3 Å². The Kier molecular flexibility index (Phi) is 11.3. The van der Waals surface area contributed by atoms with Gasteiger partial charge < -0.3 is 19.7 Å². The van der Waals surface area contributed by atoms with Crippen molar-refractivity contribution in [1.82, 2.24) is 4.90 Å². The highest BCUT2D eigenvalue weighted by Crippen LogP contribution is 2.37. The fourth-order valence-electron chi connectivity index (χ4n) is 4.82. The number of cyclic esters (lactones) is 1. The van der Waals surface area contributed by atoms with Gasteiger partial charge in [0.2, 0.25) is 5.91 Å². The molecule has 2 N–H and O–H groups in total. The van der Waals surface area contributed by atoms with Crippen molar-refractivity contribution < 1.29 is 34.1 Å². The van der Waals surface area contributed by atoms with Crippen LogP contribution in [0.5, 0.6) is 0 Å². The van der Waals surface area contributed by atoms with Crippen LogP contribution in [0.4, 0.5) is 4.79 Å². The molecule has 2 aliphatic rings. The highest BCUT2D eigenvalue weighted by atomic mass is 79.9. The Hall–Kier alpha value is -2.07. The summed E-state index contributed by atoms with van der Waals surface area (Å²) >= 11 is 3.28. The van der Waals surface area contributed by atoms with Gasteiger partial charge in [0.15, 0.2) is 11.6 Å². The molecule has 2 aliphatic heterocycles. The molecular formula is C28H38BrNO7. The molecular weight excluding hydrogens is 542 g/mol. The third kappa shape index (κ3) is 7.96. The molecule has 0 saturated carbocycles. The topological polar surface area (TPSA) is 113 Å².